The third-order valence-corrected chi connectivity index (χ3v) is 4.04. The summed E-state index contributed by atoms with van der Waals surface area (Å²) < 4.78 is 26.3. The number of aromatic nitrogens is 4. The van der Waals surface area contributed by atoms with E-state index in [1.165, 1.54) is 30.7 Å². The molecule has 0 bridgehead atoms. The lowest BCUT2D eigenvalue weighted by Crippen LogP contribution is -2.28. The summed E-state index contributed by atoms with van der Waals surface area (Å²) in [6.07, 6.45) is 2.42. The number of anilines is 1. The number of imidazole rings is 1. The zero-order valence-corrected chi connectivity index (χ0v) is 11.2. The fourth-order valence-corrected chi connectivity index (χ4v) is 2.73. The van der Waals surface area contributed by atoms with Crippen LogP contribution in [0, 0.1) is 0 Å². The molecule has 2 heterocycles. The summed E-state index contributed by atoms with van der Waals surface area (Å²) in [5.41, 5.74) is -0.641. The first-order chi connectivity index (χ1) is 9.95. The molecule has 2 aromatic heterocycles. The Balaban J connectivity index is 2.04. The summed E-state index contributed by atoms with van der Waals surface area (Å²) in [5, 5.41) is -0.0856. The number of aromatic amines is 3. The molecular weight excluding hydrogens is 298 g/mol. The van der Waals surface area contributed by atoms with Crippen LogP contribution in [0.25, 0.3) is 11.0 Å². The second kappa shape index (κ2) is 4.59. The van der Waals surface area contributed by atoms with Gasteiger partial charge in [-0.3, -0.25) is 14.3 Å². The van der Waals surface area contributed by atoms with Crippen LogP contribution in [-0.4, -0.2) is 28.4 Å². The van der Waals surface area contributed by atoms with E-state index in [-0.39, 0.29) is 10.7 Å². The molecule has 0 saturated carbocycles. The molecule has 0 amide bonds. The molecule has 0 spiro atoms. The van der Waals surface area contributed by atoms with Gasteiger partial charge in [0.1, 0.15) is 0 Å². The smallest absolute Gasteiger partial charge is 0.314 e. The first-order valence-corrected chi connectivity index (χ1v) is 7.21. The highest BCUT2D eigenvalue weighted by Crippen LogP contribution is 2.17. The van der Waals surface area contributed by atoms with E-state index in [0.29, 0.717) is 11.0 Å². The fraction of sp³-hybridized carbons (Fsp3) is 0. The van der Waals surface area contributed by atoms with Crippen molar-refractivity contribution in [1.29, 1.82) is 0 Å². The van der Waals surface area contributed by atoms with E-state index in [1.807, 2.05) is 0 Å². The Morgan fingerprint density at radius 3 is 2.43 bits per heavy atom. The highest BCUT2D eigenvalue weighted by Gasteiger charge is 2.15. The number of sulfonamides is 1. The van der Waals surface area contributed by atoms with Crippen molar-refractivity contribution in [3.8, 4) is 0 Å². The van der Waals surface area contributed by atoms with Crippen molar-refractivity contribution in [2.24, 2.45) is 0 Å². The lowest BCUT2D eigenvalue weighted by molar-refractivity contribution is 0.598. The number of nitrogens with one attached hydrogen (secondary N) is 4. The van der Waals surface area contributed by atoms with E-state index in [1.54, 1.807) is 0 Å². The Morgan fingerprint density at radius 2 is 1.76 bits per heavy atom. The van der Waals surface area contributed by atoms with Gasteiger partial charge in [0, 0.05) is 0 Å². The topological polar surface area (TPSA) is 141 Å². The van der Waals surface area contributed by atoms with Gasteiger partial charge in [-0.2, -0.15) is 8.42 Å². The van der Waals surface area contributed by atoms with Crippen LogP contribution in [0.15, 0.2) is 45.3 Å². The molecule has 3 rings (SSSR count). The van der Waals surface area contributed by atoms with Crippen LogP contribution in [0.1, 0.15) is 0 Å². The Bertz CT molecular complexity index is 1020. The summed E-state index contributed by atoms with van der Waals surface area (Å²) >= 11 is 0. The number of H-pyrrole nitrogens is 3. The third kappa shape index (κ3) is 2.43. The minimum absolute atomic E-state index is 0.0856. The van der Waals surface area contributed by atoms with E-state index in [0.717, 1.165) is 0 Å². The predicted octanol–water partition coefficient (Wildman–Crippen LogP) is -0.260. The van der Waals surface area contributed by atoms with Crippen molar-refractivity contribution in [3.63, 3.8) is 0 Å². The lowest BCUT2D eigenvalue weighted by Gasteiger charge is -2.07. The fourth-order valence-electron chi connectivity index (χ4n) is 1.78. The van der Waals surface area contributed by atoms with Crippen LogP contribution in [0.2, 0.25) is 0 Å². The van der Waals surface area contributed by atoms with Gasteiger partial charge in [0.25, 0.3) is 10.0 Å². The number of benzene rings is 1. The molecule has 0 saturated heterocycles. The van der Waals surface area contributed by atoms with E-state index < -0.39 is 21.1 Å². The Hall–Kier alpha value is -2.88. The predicted molar refractivity (Wildman–Crippen MR) is 74.6 cm³/mol. The average Bonchev–Trinajstić information content (AvgIpc) is 2.95. The number of rotatable bonds is 3. The molecule has 0 aliphatic heterocycles. The number of hydrogen-bond acceptors (Lipinski definition) is 5. The van der Waals surface area contributed by atoms with Gasteiger partial charge in [-0.1, -0.05) is 0 Å². The van der Waals surface area contributed by atoms with Crippen molar-refractivity contribution >= 4 is 26.7 Å². The lowest BCUT2D eigenvalue weighted by atomic mass is 10.3. The van der Waals surface area contributed by atoms with Crippen molar-refractivity contribution in [2.45, 2.75) is 5.03 Å². The SMILES string of the molecule is O=c1[nH]c2ccc(NS(=O)(=O)c3cnc[nH]3)cc2[nH]c1=O. The second-order valence-electron chi connectivity index (χ2n) is 4.19. The van der Waals surface area contributed by atoms with Crippen LogP contribution in [-0.2, 0) is 10.0 Å². The summed E-state index contributed by atoms with van der Waals surface area (Å²) in [7, 11) is -3.79. The number of hydrogen-bond donors (Lipinski definition) is 4. The molecule has 4 N–H and O–H groups in total. The van der Waals surface area contributed by atoms with Gasteiger partial charge in [0.15, 0.2) is 5.03 Å². The summed E-state index contributed by atoms with van der Waals surface area (Å²) in [5.74, 6) is 0. The van der Waals surface area contributed by atoms with Crippen LogP contribution >= 0.6 is 0 Å². The van der Waals surface area contributed by atoms with Gasteiger partial charge in [-0.05, 0) is 18.2 Å². The molecule has 0 unspecified atom stereocenters. The zero-order valence-electron chi connectivity index (χ0n) is 10.4. The van der Waals surface area contributed by atoms with E-state index in [9.17, 15) is 18.0 Å². The minimum atomic E-state index is -3.79. The van der Waals surface area contributed by atoms with Crippen molar-refractivity contribution < 1.29 is 8.42 Å². The molecule has 3 aromatic rings. The van der Waals surface area contributed by atoms with Gasteiger partial charge >= 0.3 is 11.1 Å². The monoisotopic (exact) mass is 307 g/mol. The van der Waals surface area contributed by atoms with Gasteiger partial charge in [0.2, 0.25) is 0 Å². The van der Waals surface area contributed by atoms with Crippen molar-refractivity contribution in [1.82, 2.24) is 19.9 Å². The number of nitrogens with zero attached hydrogens (tertiary/aromatic N) is 1. The Morgan fingerprint density at radius 1 is 1.05 bits per heavy atom. The largest absolute Gasteiger partial charge is 0.334 e. The normalized spacial score (nSPS) is 11.6. The van der Waals surface area contributed by atoms with Crippen LogP contribution in [0.5, 0.6) is 0 Å². The molecule has 21 heavy (non-hydrogen) atoms. The Labute approximate surface area is 117 Å². The van der Waals surface area contributed by atoms with Gasteiger partial charge in [0.05, 0.1) is 29.2 Å². The zero-order chi connectivity index (χ0) is 15.0. The maximum Gasteiger partial charge on any atom is 0.314 e. The maximum atomic E-state index is 12.0. The first kappa shape index (κ1) is 13.1. The van der Waals surface area contributed by atoms with Gasteiger partial charge in [-0.25, -0.2) is 4.98 Å². The molecule has 9 nitrogen and oxygen atoms in total. The first-order valence-electron chi connectivity index (χ1n) is 5.73. The number of fused-ring (bicyclic) bond motifs is 1. The molecule has 0 radical (unpaired) electrons. The molecule has 108 valence electrons. The molecule has 10 heteroatoms. The molecular formula is C11H9N5O4S. The second-order valence-corrected chi connectivity index (χ2v) is 5.84. The van der Waals surface area contributed by atoms with Crippen LogP contribution < -0.4 is 15.8 Å². The highest BCUT2D eigenvalue weighted by molar-refractivity contribution is 7.92. The van der Waals surface area contributed by atoms with Gasteiger partial charge < -0.3 is 15.0 Å². The molecule has 0 fully saturated rings. The molecule has 1 aromatic carbocycles. The highest BCUT2D eigenvalue weighted by atomic mass is 32.2. The summed E-state index contributed by atoms with van der Waals surface area (Å²) in [6, 6.07) is 4.35. The molecule has 0 aliphatic rings. The maximum absolute atomic E-state index is 12.0. The summed E-state index contributed by atoms with van der Waals surface area (Å²) in [6.45, 7) is 0. The standard InChI is InChI=1S/C11H9N5O4S/c17-10-11(18)15-8-3-6(1-2-7(8)14-10)16-21(19,20)9-4-12-5-13-9/h1-5,16H,(H,12,13)(H,14,17)(H,15,18). The van der Waals surface area contributed by atoms with E-state index in [4.69, 9.17) is 0 Å². The third-order valence-electron chi connectivity index (χ3n) is 2.74. The molecule has 0 atom stereocenters. The quantitative estimate of drug-likeness (QED) is 0.493. The van der Waals surface area contributed by atoms with Crippen LogP contribution in [0.4, 0.5) is 5.69 Å². The van der Waals surface area contributed by atoms with Gasteiger partial charge in [-0.15, -0.1) is 0 Å². The minimum Gasteiger partial charge on any atom is -0.334 e. The van der Waals surface area contributed by atoms with Crippen molar-refractivity contribution in [2.75, 3.05) is 4.72 Å². The van der Waals surface area contributed by atoms with E-state index >= 15 is 0 Å². The summed E-state index contributed by atoms with van der Waals surface area (Å²) in [4.78, 5) is 33.3. The Kier molecular flexibility index (Phi) is 2.87. The van der Waals surface area contributed by atoms with Crippen LogP contribution in [0.3, 0.4) is 0 Å². The molecule has 0 aliphatic carbocycles. The van der Waals surface area contributed by atoms with Crippen molar-refractivity contribution in [3.05, 3.63) is 51.4 Å². The van der Waals surface area contributed by atoms with E-state index in [2.05, 4.69) is 24.7 Å². The average molecular weight is 307 g/mol.